The molecule has 1 aromatic rings. The van der Waals surface area contributed by atoms with Gasteiger partial charge >= 0.3 is 5.97 Å². The van der Waals surface area contributed by atoms with E-state index in [0.717, 1.165) is 43.6 Å². The zero-order valence-electron chi connectivity index (χ0n) is 10.8. The van der Waals surface area contributed by atoms with Crippen LogP contribution >= 0.6 is 11.5 Å². The van der Waals surface area contributed by atoms with Crippen molar-refractivity contribution in [3.8, 4) is 0 Å². The molecule has 19 heavy (non-hydrogen) atoms. The smallest absolute Gasteiger partial charge is 0.326 e. The van der Waals surface area contributed by atoms with Crippen LogP contribution in [0.25, 0.3) is 0 Å². The fourth-order valence-corrected chi connectivity index (χ4v) is 3.05. The maximum absolute atomic E-state index is 12.0. The minimum absolute atomic E-state index is 0.0244. The third kappa shape index (κ3) is 3.28. The number of carboxylic acids is 1. The highest BCUT2D eigenvalue weighted by atomic mass is 32.1. The molecule has 1 aliphatic carbocycles. The number of nitrogens with zero attached hydrogens (tertiary/aromatic N) is 2. The fraction of sp³-hybridized carbons (Fsp3) is 0.667. The first-order valence-electron chi connectivity index (χ1n) is 6.42. The first kappa shape index (κ1) is 13.9. The number of aryl methyl sites for hydroxylation is 1. The molecule has 1 fully saturated rings. The van der Waals surface area contributed by atoms with Crippen molar-refractivity contribution in [3.05, 3.63) is 10.6 Å². The largest absolute Gasteiger partial charge is 0.480 e. The van der Waals surface area contributed by atoms with E-state index in [0.29, 0.717) is 10.6 Å². The molecule has 0 spiro atoms. The SMILES string of the molecule is Cc1nnsc1C(=O)NC(C(=O)O)C1CCCCC1. The van der Waals surface area contributed by atoms with Crippen LogP contribution in [0.5, 0.6) is 0 Å². The third-order valence-electron chi connectivity index (χ3n) is 3.53. The molecule has 1 saturated carbocycles. The monoisotopic (exact) mass is 283 g/mol. The molecule has 1 atom stereocenters. The standard InChI is InChI=1S/C12H17N3O3S/c1-7-10(19-15-14-7)11(16)13-9(12(17)18)8-5-3-2-4-6-8/h8-9H,2-6H2,1H3,(H,13,16)(H,17,18). The van der Waals surface area contributed by atoms with Crippen LogP contribution in [0.4, 0.5) is 0 Å². The number of nitrogens with one attached hydrogen (secondary N) is 1. The molecule has 2 rings (SSSR count). The zero-order chi connectivity index (χ0) is 13.8. The van der Waals surface area contributed by atoms with Crippen LogP contribution in [0, 0.1) is 12.8 Å². The number of rotatable bonds is 4. The van der Waals surface area contributed by atoms with Crippen molar-refractivity contribution >= 4 is 23.4 Å². The molecule has 0 bridgehead atoms. The summed E-state index contributed by atoms with van der Waals surface area (Å²) >= 11 is 0.992. The molecule has 1 heterocycles. The van der Waals surface area contributed by atoms with Gasteiger partial charge < -0.3 is 10.4 Å². The minimum atomic E-state index is -0.963. The Balaban J connectivity index is 2.06. The van der Waals surface area contributed by atoms with Gasteiger partial charge in [-0.15, -0.1) is 5.10 Å². The Kier molecular flexibility index (Phi) is 4.47. The number of carbonyl (C=O) groups excluding carboxylic acids is 1. The maximum atomic E-state index is 12.0. The van der Waals surface area contributed by atoms with Gasteiger partial charge in [0, 0.05) is 0 Å². The Morgan fingerprint density at radius 3 is 2.58 bits per heavy atom. The number of hydrogen-bond acceptors (Lipinski definition) is 5. The molecule has 7 heteroatoms. The molecule has 1 amide bonds. The van der Waals surface area contributed by atoms with Gasteiger partial charge in [-0.3, -0.25) is 4.79 Å². The third-order valence-corrected chi connectivity index (χ3v) is 4.36. The lowest BCUT2D eigenvalue weighted by atomic mass is 9.84. The zero-order valence-corrected chi connectivity index (χ0v) is 11.6. The van der Waals surface area contributed by atoms with Crippen LogP contribution in [0.3, 0.4) is 0 Å². The lowest BCUT2D eigenvalue weighted by Gasteiger charge is -2.27. The van der Waals surface area contributed by atoms with Crippen molar-refractivity contribution in [2.24, 2.45) is 5.92 Å². The van der Waals surface area contributed by atoms with Crippen molar-refractivity contribution in [1.82, 2.24) is 14.9 Å². The van der Waals surface area contributed by atoms with E-state index in [1.807, 2.05) is 0 Å². The number of carboxylic acid groups (broad SMARTS) is 1. The lowest BCUT2D eigenvalue weighted by molar-refractivity contribution is -0.141. The summed E-state index contributed by atoms with van der Waals surface area (Å²) in [6.07, 6.45) is 4.93. The fourth-order valence-electron chi connectivity index (χ4n) is 2.50. The highest BCUT2D eigenvalue weighted by molar-refractivity contribution is 7.08. The van der Waals surface area contributed by atoms with Gasteiger partial charge in [-0.1, -0.05) is 23.8 Å². The molecular weight excluding hydrogens is 266 g/mol. The average molecular weight is 283 g/mol. The quantitative estimate of drug-likeness (QED) is 0.875. The van der Waals surface area contributed by atoms with Crippen molar-refractivity contribution < 1.29 is 14.7 Å². The van der Waals surface area contributed by atoms with Crippen LogP contribution in [-0.2, 0) is 4.79 Å². The average Bonchev–Trinajstić information content (AvgIpc) is 2.82. The van der Waals surface area contributed by atoms with E-state index in [1.165, 1.54) is 0 Å². The molecule has 2 N–H and O–H groups in total. The maximum Gasteiger partial charge on any atom is 0.326 e. The molecule has 1 aromatic heterocycles. The van der Waals surface area contributed by atoms with Crippen molar-refractivity contribution in [2.45, 2.75) is 45.1 Å². The molecular formula is C12H17N3O3S. The normalized spacial score (nSPS) is 17.9. The van der Waals surface area contributed by atoms with Gasteiger partial charge in [0.25, 0.3) is 5.91 Å². The number of amides is 1. The van der Waals surface area contributed by atoms with E-state index in [1.54, 1.807) is 6.92 Å². The van der Waals surface area contributed by atoms with E-state index in [9.17, 15) is 14.7 Å². The molecule has 0 aliphatic heterocycles. The van der Waals surface area contributed by atoms with Crippen LogP contribution in [0.1, 0.15) is 47.5 Å². The molecule has 0 saturated heterocycles. The van der Waals surface area contributed by atoms with E-state index in [-0.39, 0.29) is 11.8 Å². The van der Waals surface area contributed by atoms with Gasteiger partial charge in [-0.05, 0) is 37.2 Å². The number of aliphatic carboxylic acids is 1. The van der Waals surface area contributed by atoms with Gasteiger partial charge in [0.15, 0.2) is 0 Å². The molecule has 104 valence electrons. The molecule has 0 aromatic carbocycles. The summed E-state index contributed by atoms with van der Waals surface area (Å²) in [5.74, 6) is -1.32. The van der Waals surface area contributed by atoms with Gasteiger partial charge in [-0.25, -0.2) is 4.79 Å². The predicted octanol–water partition coefficient (Wildman–Crippen LogP) is 1.61. The summed E-state index contributed by atoms with van der Waals surface area (Å²) < 4.78 is 3.69. The molecule has 0 radical (unpaired) electrons. The number of hydrogen-bond donors (Lipinski definition) is 2. The summed E-state index contributed by atoms with van der Waals surface area (Å²) in [5, 5.41) is 15.7. The van der Waals surface area contributed by atoms with E-state index < -0.39 is 12.0 Å². The molecule has 1 aliphatic rings. The van der Waals surface area contributed by atoms with Crippen LogP contribution in [-0.4, -0.2) is 32.6 Å². The van der Waals surface area contributed by atoms with Gasteiger partial charge in [0.2, 0.25) is 0 Å². The second-order valence-corrected chi connectivity index (χ2v) is 5.63. The van der Waals surface area contributed by atoms with Gasteiger partial charge in [0.1, 0.15) is 10.9 Å². The summed E-state index contributed by atoms with van der Waals surface area (Å²) in [7, 11) is 0. The minimum Gasteiger partial charge on any atom is -0.480 e. The summed E-state index contributed by atoms with van der Waals surface area (Å²) in [6, 6.07) is -0.811. The Morgan fingerprint density at radius 1 is 1.37 bits per heavy atom. The summed E-state index contributed by atoms with van der Waals surface area (Å²) in [6.45, 7) is 1.69. The Labute approximate surface area is 115 Å². The topological polar surface area (TPSA) is 92.2 Å². The number of carbonyl (C=O) groups is 2. The number of aromatic nitrogens is 2. The Hall–Kier alpha value is -1.50. The highest BCUT2D eigenvalue weighted by Crippen LogP contribution is 2.27. The van der Waals surface area contributed by atoms with E-state index in [4.69, 9.17) is 0 Å². The second kappa shape index (κ2) is 6.10. The second-order valence-electron chi connectivity index (χ2n) is 4.87. The van der Waals surface area contributed by atoms with E-state index in [2.05, 4.69) is 14.9 Å². The van der Waals surface area contributed by atoms with Crippen LogP contribution < -0.4 is 5.32 Å². The Morgan fingerprint density at radius 2 is 2.05 bits per heavy atom. The first-order valence-corrected chi connectivity index (χ1v) is 7.19. The molecule has 6 nitrogen and oxygen atoms in total. The summed E-state index contributed by atoms with van der Waals surface area (Å²) in [5.41, 5.74) is 0.537. The summed E-state index contributed by atoms with van der Waals surface area (Å²) in [4.78, 5) is 23.8. The van der Waals surface area contributed by atoms with Crippen molar-refractivity contribution in [2.75, 3.05) is 0 Å². The predicted molar refractivity (Wildman–Crippen MR) is 70.1 cm³/mol. The highest BCUT2D eigenvalue weighted by Gasteiger charge is 2.31. The van der Waals surface area contributed by atoms with Gasteiger partial charge in [0.05, 0.1) is 5.69 Å². The first-order chi connectivity index (χ1) is 9.09. The van der Waals surface area contributed by atoms with Crippen molar-refractivity contribution in [3.63, 3.8) is 0 Å². The molecule has 1 unspecified atom stereocenters. The lowest BCUT2D eigenvalue weighted by Crippen LogP contribution is -2.46. The Bertz CT molecular complexity index is 469. The van der Waals surface area contributed by atoms with Crippen LogP contribution in [0.15, 0.2) is 0 Å². The van der Waals surface area contributed by atoms with Gasteiger partial charge in [-0.2, -0.15) is 0 Å². The van der Waals surface area contributed by atoms with Crippen molar-refractivity contribution in [1.29, 1.82) is 0 Å². The van der Waals surface area contributed by atoms with E-state index >= 15 is 0 Å². The van der Waals surface area contributed by atoms with Crippen LogP contribution in [0.2, 0.25) is 0 Å².